The van der Waals surface area contributed by atoms with Gasteiger partial charge in [-0.1, -0.05) is 12.1 Å². The molecule has 0 bridgehead atoms. The third-order valence-corrected chi connectivity index (χ3v) is 8.55. The minimum absolute atomic E-state index is 0.0659. The van der Waals surface area contributed by atoms with Crippen LogP contribution in [0.3, 0.4) is 0 Å². The Bertz CT molecular complexity index is 1570. The molecule has 2 heterocycles. The third kappa shape index (κ3) is 7.16. The maximum atomic E-state index is 12.9. The van der Waals surface area contributed by atoms with E-state index in [0.717, 1.165) is 17.7 Å². The lowest BCUT2D eigenvalue weighted by atomic mass is 9.84. The van der Waals surface area contributed by atoms with E-state index in [2.05, 4.69) is 0 Å². The second kappa shape index (κ2) is 14.7. The molecule has 0 saturated carbocycles. The maximum absolute atomic E-state index is 12.9. The first-order chi connectivity index (χ1) is 22.9. The molecule has 15 heteroatoms. The number of hydrogen-bond donors (Lipinski definition) is 8. The standard InChI is InChI=1S/C33H38O15/c1-43-24-11-16(4-5-20(24)35)31-19(14-46-32(42)17-9-21(36)27(38)22(37)10-17)18(13-45-31)7-15-3-6-23(25(8-15)44-2)47-33-30(41)29(40)28(39)26(12-34)48-33/h3-6,8-11,18-19,26,28-31,33-41H,7,12-14H2,1-2H3. The van der Waals surface area contributed by atoms with Gasteiger partial charge in [-0.15, -0.1) is 0 Å². The van der Waals surface area contributed by atoms with Gasteiger partial charge in [0.25, 0.3) is 0 Å². The van der Waals surface area contributed by atoms with Gasteiger partial charge < -0.3 is 69.3 Å². The molecule has 0 radical (unpaired) electrons. The van der Waals surface area contributed by atoms with Gasteiger partial charge in [0.1, 0.15) is 24.4 Å². The van der Waals surface area contributed by atoms with E-state index in [9.17, 15) is 45.6 Å². The number of phenols is 4. The number of aromatic hydroxyl groups is 4. The van der Waals surface area contributed by atoms with Gasteiger partial charge in [-0.05, 0) is 59.9 Å². The molecule has 5 rings (SSSR count). The molecule has 0 aromatic heterocycles. The van der Waals surface area contributed by atoms with Crippen LogP contribution in [0.5, 0.6) is 40.2 Å². The monoisotopic (exact) mass is 674 g/mol. The number of carbonyl (C=O) groups excluding carboxylic acids is 1. The highest BCUT2D eigenvalue weighted by molar-refractivity contribution is 5.91. The van der Waals surface area contributed by atoms with Gasteiger partial charge in [0.2, 0.25) is 6.29 Å². The Morgan fingerprint density at radius 2 is 1.54 bits per heavy atom. The summed E-state index contributed by atoms with van der Waals surface area (Å²) < 4.78 is 33.8. The highest BCUT2D eigenvalue weighted by atomic mass is 16.7. The quantitative estimate of drug-likeness (QED) is 0.105. The Morgan fingerprint density at radius 3 is 2.21 bits per heavy atom. The number of carbonyl (C=O) groups is 1. The Morgan fingerprint density at radius 1 is 0.833 bits per heavy atom. The predicted molar refractivity (Wildman–Crippen MR) is 163 cm³/mol. The van der Waals surface area contributed by atoms with Crippen LogP contribution < -0.4 is 14.2 Å². The average Bonchev–Trinajstić information content (AvgIpc) is 3.48. The number of rotatable bonds is 11. The number of benzene rings is 3. The van der Waals surface area contributed by atoms with Gasteiger partial charge in [0.05, 0.1) is 45.7 Å². The molecule has 260 valence electrons. The summed E-state index contributed by atoms with van der Waals surface area (Å²) in [7, 11) is 2.82. The molecule has 3 aromatic carbocycles. The molecule has 8 atom stereocenters. The van der Waals surface area contributed by atoms with Gasteiger partial charge >= 0.3 is 5.97 Å². The zero-order valence-corrected chi connectivity index (χ0v) is 26.0. The Hall–Kier alpha value is -4.51. The zero-order chi connectivity index (χ0) is 34.7. The molecule has 8 unspecified atom stereocenters. The molecule has 2 fully saturated rings. The van der Waals surface area contributed by atoms with Crippen LogP contribution in [-0.4, -0.2) is 112 Å². The largest absolute Gasteiger partial charge is 0.504 e. The van der Waals surface area contributed by atoms with Crippen LogP contribution in [0.15, 0.2) is 48.5 Å². The number of hydrogen-bond acceptors (Lipinski definition) is 15. The number of esters is 1. The van der Waals surface area contributed by atoms with Crippen molar-refractivity contribution in [3.05, 3.63) is 65.2 Å². The molecule has 3 aromatic rings. The normalized spacial score (nSPS) is 27.0. The Balaban J connectivity index is 1.36. The molecule has 0 aliphatic carbocycles. The fraction of sp³-hybridized carbons (Fsp3) is 0.424. The number of aliphatic hydroxyl groups excluding tert-OH is 4. The van der Waals surface area contributed by atoms with Crippen molar-refractivity contribution < 1.29 is 74.1 Å². The minimum Gasteiger partial charge on any atom is -0.504 e. The van der Waals surface area contributed by atoms with Crippen molar-refractivity contribution >= 4 is 5.97 Å². The number of aliphatic hydroxyl groups is 4. The van der Waals surface area contributed by atoms with E-state index >= 15 is 0 Å². The highest BCUT2D eigenvalue weighted by Gasteiger charge is 2.45. The average molecular weight is 675 g/mol. The maximum Gasteiger partial charge on any atom is 0.338 e. The SMILES string of the molecule is COc1cc(C2OCC(Cc3ccc(OC4OC(CO)C(O)C(O)C4O)c(OC)c3)C2COC(=O)c2cc(O)c(O)c(O)c2)ccc1O. The van der Waals surface area contributed by atoms with Crippen molar-refractivity contribution in [3.63, 3.8) is 0 Å². The van der Waals surface area contributed by atoms with Crippen molar-refractivity contribution in [2.75, 3.05) is 34.0 Å². The van der Waals surface area contributed by atoms with Crippen LogP contribution in [0.1, 0.15) is 27.6 Å². The van der Waals surface area contributed by atoms with Gasteiger partial charge in [-0.3, -0.25) is 0 Å². The van der Waals surface area contributed by atoms with Gasteiger partial charge in [0.15, 0.2) is 40.2 Å². The summed E-state index contributed by atoms with van der Waals surface area (Å²) >= 11 is 0. The topological polar surface area (TPSA) is 234 Å². The molecule has 0 spiro atoms. The highest BCUT2D eigenvalue weighted by Crippen LogP contribution is 2.43. The lowest BCUT2D eigenvalue weighted by Gasteiger charge is -2.39. The van der Waals surface area contributed by atoms with Crippen molar-refractivity contribution in [2.45, 2.75) is 43.2 Å². The van der Waals surface area contributed by atoms with Crippen molar-refractivity contribution in [2.24, 2.45) is 11.8 Å². The molecule has 2 aliphatic rings. The fourth-order valence-electron chi connectivity index (χ4n) is 5.88. The summed E-state index contributed by atoms with van der Waals surface area (Å²) in [5.74, 6) is -3.08. The van der Waals surface area contributed by atoms with Crippen LogP contribution in [0.2, 0.25) is 0 Å². The molecular weight excluding hydrogens is 636 g/mol. The van der Waals surface area contributed by atoms with Crippen LogP contribution in [-0.2, 0) is 20.6 Å². The molecule has 2 saturated heterocycles. The molecule has 48 heavy (non-hydrogen) atoms. The van der Waals surface area contributed by atoms with Crippen molar-refractivity contribution in [1.82, 2.24) is 0 Å². The Kier molecular flexibility index (Phi) is 10.7. The van der Waals surface area contributed by atoms with Crippen LogP contribution in [0.4, 0.5) is 0 Å². The summed E-state index contributed by atoms with van der Waals surface area (Å²) in [6.45, 7) is -0.504. The summed E-state index contributed by atoms with van der Waals surface area (Å²) in [4.78, 5) is 12.9. The second-order valence-electron chi connectivity index (χ2n) is 11.6. The number of phenolic OH excluding ortho intramolecular Hbond substituents is 4. The molecule has 2 aliphatic heterocycles. The van der Waals surface area contributed by atoms with E-state index in [1.807, 2.05) is 0 Å². The summed E-state index contributed by atoms with van der Waals surface area (Å²) in [5.41, 5.74) is 1.25. The zero-order valence-electron chi connectivity index (χ0n) is 26.0. The third-order valence-electron chi connectivity index (χ3n) is 8.55. The summed E-state index contributed by atoms with van der Waals surface area (Å²) in [5, 5.41) is 79.5. The van der Waals surface area contributed by atoms with Gasteiger partial charge in [0, 0.05) is 5.92 Å². The van der Waals surface area contributed by atoms with E-state index in [1.165, 1.54) is 20.3 Å². The van der Waals surface area contributed by atoms with Crippen molar-refractivity contribution in [3.8, 4) is 40.2 Å². The molecular formula is C33H38O15. The van der Waals surface area contributed by atoms with Crippen LogP contribution in [0, 0.1) is 11.8 Å². The predicted octanol–water partition coefficient (Wildman–Crippen LogP) is 1.11. The summed E-state index contributed by atoms with van der Waals surface area (Å²) in [6.07, 6.45) is -7.52. The number of ether oxygens (including phenoxy) is 6. The molecule has 15 nitrogen and oxygen atoms in total. The fourth-order valence-corrected chi connectivity index (χ4v) is 5.88. The van der Waals surface area contributed by atoms with Gasteiger partial charge in [-0.2, -0.15) is 0 Å². The molecule has 0 amide bonds. The van der Waals surface area contributed by atoms with Crippen molar-refractivity contribution in [1.29, 1.82) is 0 Å². The van der Waals surface area contributed by atoms with E-state index in [1.54, 1.807) is 30.3 Å². The van der Waals surface area contributed by atoms with Gasteiger partial charge in [-0.25, -0.2) is 4.79 Å². The van der Waals surface area contributed by atoms with E-state index in [0.29, 0.717) is 12.0 Å². The lowest BCUT2D eigenvalue weighted by molar-refractivity contribution is -0.277. The first-order valence-corrected chi connectivity index (χ1v) is 15.0. The Labute approximate surface area is 274 Å². The summed E-state index contributed by atoms with van der Waals surface area (Å²) in [6, 6.07) is 11.7. The number of methoxy groups -OCH3 is 2. The molecule has 8 N–H and O–H groups in total. The van der Waals surface area contributed by atoms with E-state index in [4.69, 9.17) is 28.4 Å². The first kappa shape index (κ1) is 34.8. The minimum atomic E-state index is -1.62. The first-order valence-electron chi connectivity index (χ1n) is 15.0. The van der Waals surface area contributed by atoms with E-state index < -0.39 is 72.6 Å². The second-order valence-corrected chi connectivity index (χ2v) is 11.6. The van der Waals surface area contributed by atoms with E-state index in [-0.39, 0.29) is 47.7 Å². The smallest absolute Gasteiger partial charge is 0.338 e. The van der Waals surface area contributed by atoms with Crippen LogP contribution >= 0.6 is 0 Å². The van der Waals surface area contributed by atoms with Crippen LogP contribution in [0.25, 0.3) is 0 Å². The lowest BCUT2D eigenvalue weighted by Crippen LogP contribution is -2.60.